The van der Waals surface area contributed by atoms with E-state index in [1.54, 1.807) is 19.4 Å². The van der Waals surface area contributed by atoms with Gasteiger partial charge in [-0.1, -0.05) is 42.0 Å². The Morgan fingerprint density at radius 2 is 1.86 bits per heavy atom. The van der Waals surface area contributed by atoms with Crippen LogP contribution in [0.25, 0.3) is 6.08 Å². The number of amides is 1. The van der Waals surface area contributed by atoms with E-state index in [-0.39, 0.29) is 5.91 Å². The molecule has 0 radical (unpaired) electrons. The topological polar surface area (TPSA) is 50.7 Å². The van der Waals surface area contributed by atoms with E-state index in [2.05, 4.69) is 10.5 Å². The lowest BCUT2D eigenvalue weighted by Crippen LogP contribution is -2.14. The number of carbonyl (C=O) groups is 1. The van der Waals surface area contributed by atoms with Crippen LogP contribution in [0.4, 0.5) is 0 Å². The van der Waals surface area contributed by atoms with Crippen molar-refractivity contribution in [1.82, 2.24) is 5.43 Å². The molecule has 22 heavy (non-hydrogen) atoms. The van der Waals surface area contributed by atoms with Crippen molar-refractivity contribution in [2.24, 2.45) is 5.10 Å². The number of nitrogens with one attached hydrogen (secondary N) is 1. The largest absolute Gasteiger partial charge is 0.496 e. The molecule has 0 aliphatic carbocycles. The first-order chi connectivity index (χ1) is 10.7. The van der Waals surface area contributed by atoms with Crippen molar-refractivity contribution in [1.29, 1.82) is 0 Å². The standard InChI is InChI=1S/C18H18N2O2/c1-14-7-9-15(10-8-14)11-12-18(21)20-19-13-16-5-3-4-6-17(16)22-2/h3-13H,1-2H3,(H,20,21)/b12-11+,19-13+. The van der Waals surface area contributed by atoms with Crippen LogP contribution in [-0.2, 0) is 4.79 Å². The van der Waals surface area contributed by atoms with Crippen LogP contribution >= 0.6 is 0 Å². The molecule has 0 fully saturated rings. The summed E-state index contributed by atoms with van der Waals surface area (Å²) >= 11 is 0. The molecule has 0 bridgehead atoms. The van der Waals surface area contributed by atoms with Gasteiger partial charge in [0.1, 0.15) is 5.75 Å². The van der Waals surface area contributed by atoms with Gasteiger partial charge in [-0.15, -0.1) is 0 Å². The number of hydrazone groups is 1. The first kappa shape index (κ1) is 15.5. The number of rotatable bonds is 5. The lowest BCUT2D eigenvalue weighted by molar-refractivity contribution is -0.116. The predicted molar refractivity (Wildman–Crippen MR) is 88.9 cm³/mol. The minimum atomic E-state index is -0.285. The summed E-state index contributed by atoms with van der Waals surface area (Å²) in [4.78, 5) is 11.7. The van der Waals surface area contributed by atoms with Crippen molar-refractivity contribution in [2.45, 2.75) is 6.92 Å². The molecule has 0 saturated heterocycles. The van der Waals surface area contributed by atoms with Crippen molar-refractivity contribution >= 4 is 18.2 Å². The van der Waals surface area contributed by atoms with Gasteiger partial charge in [-0.3, -0.25) is 4.79 Å². The zero-order chi connectivity index (χ0) is 15.8. The van der Waals surface area contributed by atoms with Crippen LogP contribution in [0.15, 0.2) is 59.7 Å². The molecule has 0 atom stereocenters. The highest BCUT2D eigenvalue weighted by atomic mass is 16.5. The number of hydrogen-bond donors (Lipinski definition) is 1. The predicted octanol–water partition coefficient (Wildman–Crippen LogP) is 3.17. The summed E-state index contributed by atoms with van der Waals surface area (Å²) in [5.41, 5.74) is 5.40. The quantitative estimate of drug-likeness (QED) is 0.523. The van der Waals surface area contributed by atoms with Gasteiger partial charge < -0.3 is 4.74 Å². The maximum Gasteiger partial charge on any atom is 0.264 e. The Kier molecular flexibility index (Phi) is 5.49. The molecule has 0 unspecified atom stereocenters. The third kappa shape index (κ3) is 4.59. The minimum Gasteiger partial charge on any atom is -0.496 e. The summed E-state index contributed by atoms with van der Waals surface area (Å²) in [5, 5.41) is 3.92. The fourth-order valence-electron chi connectivity index (χ4n) is 1.83. The van der Waals surface area contributed by atoms with Crippen LogP contribution in [0.5, 0.6) is 5.75 Å². The Bertz CT molecular complexity index is 688. The van der Waals surface area contributed by atoms with E-state index in [1.807, 2.05) is 55.5 Å². The molecule has 0 heterocycles. The van der Waals surface area contributed by atoms with Gasteiger partial charge in [0.25, 0.3) is 5.91 Å². The van der Waals surface area contributed by atoms with E-state index in [0.717, 1.165) is 11.1 Å². The number of methoxy groups -OCH3 is 1. The van der Waals surface area contributed by atoms with Crippen molar-refractivity contribution in [3.63, 3.8) is 0 Å². The summed E-state index contributed by atoms with van der Waals surface area (Å²) in [6, 6.07) is 15.3. The SMILES string of the molecule is COc1ccccc1/C=N/NC(=O)/C=C/c1ccc(C)cc1. The highest BCUT2D eigenvalue weighted by molar-refractivity contribution is 5.92. The van der Waals surface area contributed by atoms with Gasteiger partial charge in [-0.05, 0) is 30.7 Å². The molecule has 0 spiro atoms. The molecule has 4 heteroatoms. The van der Waals surface area contributed by atoms with Gasteiger partial charge in [-0.2, -0.15) is 5.10 Å². The average molecular weight is 294 g/mol. The maximum absolute atomic E-state index is 11.7. The second kappa shape index (κ2) is 7.78. The molecule has 0 saturated carbocycles. The van der Waals surface area contributed by atoms with Gasteiger partial charge in [0.2, 0.25) is 0 Å². The minimum absolute atomic E-state index is 0.285. The molecule has 0 aromatic heterocycles. The molecular formula is C18H18N2O2. The van der Waals surface area contributed by atoms with Crippen LogP contribution in [0, 0.1) is 6.92 Å². The average Bonchev–Trinajstić information content (AvgIpc) is 2.55. The van der Waals surface area contributed by atoms with E-state index in [4.69, 9.17) is 4.74 Å². The number of aryl methyl sites for hydroxylation is 1. The first-order valence-corrected chi connectivity index (χ1v) is 6.90. The second-order valence-electron chi connectivity index (χ2n) is 4.72. The highest BCUT2D eigenvalue weighted by Gasteiger charge is 1.98. The summed E-state index contributed by atoms with van der Waals surface area (Å²) < 4.78 is 5.20. The molecule has 1 amide bonds. The molecule has 4 nitrogen and oxygen atoms in total. The summed E-state index contributed by atoms with van der Waals surface area (Å²) in [6.45, 7) is 2.02. The Balaban J connectivity index is 1.92. The summed E-state index contributed by atoms with van der Waals surface area (Å²) in [5.74, 6) is 0.419. The van der Waals surface area contributed by atoms with E-state index in [1.165, 1.54) is 11.6 Å². The van der Waals surface area contributed by atoms with E-state index < -0.39 is 0 Å². The third-order valence-electron chi connectivity index (χ3n) is 3.02. The zero-order valence-electron chi connectivity index (χ0n) is 12.6. The summed E-state index contributed by atoms with van der Waals surface area (Å²) in [7, 11) is 1.59. The van der Waals surface area contributed by atoms with E-state index in [0.29, 0.717) is 5.75 Å². The van der Waals surface area contributed by atoms with Gasteiger partial charge in [0.15, 0.2) is 0 Å². The van der Waals surface area contributed by atoms with E-state index >= 15 is 0 Å². The second-order valence-corrected chi connectivity index (χ2v) is 4.72. The van der Waals surface area contributed by atoms with Gasteiger partial charge in [0.05, 0.1) is 13.3 Å². The molecular weight excluding hydrogens is 276 g/mol. The highest BCUT2D eigenvalue weighted by Crippen LogP contribution is 2.14. The fraction of sp³-hybridized carbons (Fsp3) is 0.111. The van der Waals surface area contributed by atoms with Crippen LogP contribution in [0.3, 0.4) is 0 Å². The Morgan fingerprint density at radius 1 is 1.14 bits per heavy atom. The van der Waals surface area contributed by atoms with Crippen molar-refractivity contribution in [2.75, 3.05) is 7.11 Å². The molecule has 2 aromatic rings. The maximum atomic E-state index is 11.7. The summed E-state index contributed by atoms with van der Waals surface area (Å²) in [6.07, 6.45) is 4.74. The van der Waals surface area contributed by atoms with Crippen LogP contribution in [-0.4, -0.2) is 19.2 Å². The molecule has 2 rings (SSSR count). The van der Waals surface area contributed by atoms with E-state index in [9.17, 15) is 4.79 Å². The zero-order valence-corrected chi connectivity index (χ0v) is 12.6. The monoisotopic (exact) mass is 294 g/mol. The first-order valence-electron chi connectivity index (χ1n) is 6.90. The molecule has 0 aliphatic rings. The molecule has 2 aromatic carbocycles. The lowest BCUT2D eigenvalue weighted by atomic mass is 10.1. The molecule has 0 aliphatic heterocycles. The van der Waals surface area contributed by atoms with Gasteiger partial charge >= 0.3 is 0 Å². The number of hydrogen-bond acceptors (Lipinski definition) is 3. The molecule has 112 valence electrons. The Hall–Kier alpha value is -2.88. The third-order valence-corrected chi connectivity index (χ3v) is 3.02. The fourth-order valence-corrected chi connectivity index (χ4v) is 1.83. The van der Waals surface area contributed by atoms with Crippen LogP contribution in [0.1, 0.15) is 16.7 Å². The number of benzene rings is 2. The molecule has 1 N–H and O–H groups in total. The number of ether oxygens (including phenoxy) is 1. The van der Waals surface area contributed by atoms with Crippen molar-refractivity contribution < 1.29 is 9.53 Å². The Labute approximate surface area is 130 Å². The lowest BCUT2D eigenvalue weighted by Gasteiger charge is -2.02. The van der Waals surface area contributed by atoms with Gasteiger partial charge in [0, 0.05) is 11.6 Å². The smallest absolute Gasteiger partial charge is 0.264 e. The number of carbonyl (C=O) groups excluding carboxylic acids is 1. The Morgan fingerprint density at radius 3 is 2.59 bits per heavy atom. The normalized spacial score (nSPS) is 11.0. The van der Waals surface area contributed by atoms with Crippen LogP contribution < -0.4 is 10.2 Å². The number of para-hydroxylation sites is 1. The number of nitrogens with zero attached hydrogens (tertiary/aromatic N) is 1. The van der Waals surface area contributed by atoms with Gasteiger partial charge in [-0.25, -0.2) is 5.43 Å². The van der Waals surface area contributed by atoms with Crippen molar-refractivity contribution in [3.05, 3.63) is 71.3 Å². The van der Waals surface area contributed by atoms with Crippen LogP contribution in [0.2, 0.25) is 0 Å². The van der Waals surface area contributed by atoms with Crippen molar-refractivity contribution in [3.8, 4) is 5.75 Å².